The van der Waals surface area contributed by atoms with Crippen molar-refractivity contribution < 1.29 is 0 Å². The standard InChI is InChI=1S/C6H4N3/c1-2-6-8-4-3-5(7)9-6/h3-4H,(H2,7,8,9). The summed E-state index contributed by atoms with van der Waals surface area (Å²) >= 11 is 0. The van der Waals surface area contributed by atoms with E-state index < -0.39 is 0 Å². The van der Waals surface area contributed by atoms with Crippen molar-refractivity contribution >= 4 is 5.82 Å². The SMILES string of the molecule is [C]#Cc1nccc(N)n1. The molecule has 3 nitrogen and oxygen atoms in total. The van der Waals surface area contributed by atoms with Crippen molar-refractivity contribution in [3.05, 3.63) is 24.5 Å². The molecule has 0 unspecified atom stereocenters. The lowest BCUT2D eigenvalue weighted by Crippen LogP contribution is -1.93. The molecule has 0 aliphatic heterocycles. The normalized spacial score (nSPS) is 8.33. The third-order valence-electron chi connectivity index (χ3n) is 0.789. The Bertz CT molecular complexity index is 249. The Morgan fingerprint density at radius 3 is 2.89 bits per heavy atom. The van der Waals surface area contributed by atoms with Gasteiger partial charge in [0, 0.05) is 6.20 Å². The largest absolute Gasteiger partial charge is 0.384 e. The van der Waals surface area contributed by atoms with Gasteiger partial charge < -0.3 is 5.73 Å². The first-order valence-electron chi connectivity index (χ1n) is 2.34. The molecular weight excluding hydrogens is 114 g/mol. The Kier molecular flexibility index (Phi) is 1.32. The fourth-order valence-corrected chi connectivity index (χ4v) is 0.433. The molecule has 0 atom stereocenters. The van der Waals surface area contributed by atoms with E-state index in [0.717, 1.165) is 0 Å². The summed E-state index contributed by atoms with van der Waals surface area (Å²) in [4.78, 5) is 7.33. The van der Waals surface area contributed by atoms with Crippen LogP contribution in [0.3, 0.4) is 0 Å². The predicted molar refractivity (Wildman–Crippen MR) is 32.7 cm³/mol. The van der Waals surface area contributed by atoms with Crippen LogP contribution in [0.2, 0.25) is 0 Å². The Morgan fingerprint density at radius 1 is 1.67 bits per heavy atom. The van der Waals surface area contributed by atoms with Crippen molar-refractivity contribution in [3.63, 3.8) is 0 Å². The van der Waals surface area contributed by atoms with Gasteiger partial charge >= 0.3 is 0 Å². The summed E-state index contributed by atoms with van der Waals surface area (Å²) in [7, 11) is 0. The lowest BCUT2D eigenvalue weighted by atomic mass is 10.5. The van der Waals surface area contributed by atoms with E-state index in [-0.39, 0.29) is 5.82 Å². The number of aromatic nitrogens is 2. The van der Waals surface area contributed by atoms with Gasteiger partial charge in [-0.2, -0.15) is 0 Å². The molecule has 1 rings (SSSR count). The molecule has 43 valence electrons. The van der Waals surface area contributed by atoms with E-state index in [9.17, 15) is 0 Å². The average Bonchev–Trinajstić information content (AvgIpc) is 1.88. The van der Waals surface area contributed by atoms with E-state index in [1.165, 1.54) is 6.20 Å². The van der Waals surface area contributed by atoms with E-state index >= 15 is 0 Å². The van der Waals surface area contributed by atoms with Crippen LogP contribution in [0.5, 0.6) is 0 Å². The van der Waals surface area contributed by atoms with Crippen LogP contribution >= 0.6 is 0 Å². The van der Waals surface area contributed by atoms with E-state index in [0.29, 0.717) is 5.82 Å². The molecule has 2 N–H and O–H groups in total. The smallest absolute Gasteiger partial charge is 0.207 e. The van der Waals surface area contributed by atoms with Gasteiger partial charge in [0.05, 0.1) is 0 Å². The summed E-state index contributed by atoms with van der Waals surface area (Å²) in [6, 6.07) is 1.56. The lowest BCUT2D eigenvalue weighted by molar-refractivity contribution is 1.14. The first-order chi connectivity index (χ1) is 4.33. The van der Waals surface area contributed by atoms with Crippen LogP contribution in [-0.4, -0.2) is 9.97 Å². The van der Waals surface area contributed by atoms with Gasteiger partial charge in [0.25, 0.3) is 0 Å². The van der Waals surface area contributed by atoms with E-state index in [1.807, 2.05) is 5.92 Å². The zero-order valence-corrected chi connectivity index (χ0v) is 4.63. The van der Waals surface area contributed by atoms with Crippen LogP contribution in [-0.2, 0) is 0 Å². The van der Waals surface area contributed by atoms with Crippen molar-refractivity contribution in [3.8, 4) is 5.92 Å². The molecule has 3 heteroatoms. The number of nitrogen functional groups attached to an aromatic ring is 1. The van der Waals surface area contributed by atoms with Gasteiger partial charge in [-0.3, -0.25) is 0 Å². The third kappa shape index (κ3) is 1.16. The molecule has 1 aromatic rings. The minimum atomic E-state index is 0.218. The third-order valence-corrected chi connectivity index (χ3v) is 0.789. The van der Waals surface area contributed by atoms with Crippen LogP contribution in [0.4, 0.5) is 5.82 Å². The molecule has 1 heterocycles. The maximum Gasteiger partial charge on any atom is 0.207 e. The summed E-state index contributed by atoms with van der Waals surface area (Å²) in [6.45, 7) is 0. The summed E-state index contributed by atoms with van der Waals surface area (Å²) in [5, 5.41) is 0. The molecule has 0 bridgehead atoms. The first kappa shape index (κ1) is 5.57. The van der Waals surface area contributed by atoms with Crippen molar-refractivity contribution in [1.29, 1.82) is 0 Å². The van der Waals surface area contributed by atoms with Crippen LogP contribution in [0.1, 0.15) is 5.82 Å². The molecule has 0 aliphatic carbocycles. The Balaban J connectivity index is 3.12. The number of rotatable bonds is 0. The van der Waals surface area contributed by atoms with Crippen molar-refractivity contribution in [2.45, 2.75) is 0 Å². The van der Waals surface area contributed by atoms with E-state index in [1.54, 1.807) is 6.07 Å². The maximum absolute atomic E-state index is 6.61. The topological polar surface area (TPSA) is 51.8 Å². The second-order valence-corrected chi connectivity index (χ2v) is 1.43. The van der Waals surface area contributed by atoms with Crippen LogP contribution in [0.15, 0.2) is 12.3 Å². The number of hydrogen-bond donors (Lipinski definition) is 1. The van der Waals surface area contributed by atoms with Gasteiger partial charge in [0.2, 0.25) is 5.82 Å². The lowest BCUT2D eigenvalue weighted by Gasteiger charge is -1.88. The highest BCUT2D eigenvalue weighted by atomic mass is 14.9. The molecule has 1 aromatic heterocycles. The fraction of sp³-hybridized carbons (Fsp3) is 0. The monoisotopic (exact) mass is 118 g/mol. The second kappa shape index (κ2) is 2.14. The molecule has 0 aliphatic rings. The highest BCUT2D eigenvalue weighted by Gasteiger charge is 1.87. The van der Waals surface area contributed by atoms with Gasteiger partial charge in [0.1, 0.15) is 5.82 Å². The number of nitrogens with two attached hydrogens (primary N) is 1. The van der Waals surface area contributed by atoms with Crippen LogP contribution in [0, 0.1) is 12.3 Å². The Hall–Kier alpha value is -1.56. The molecule has 0 fully saturated rings. The fourth-order valence-electron chi connectivity index (χ4n) is 0.433. The van der Waals surface area contributed by atoms with Crippen LogP contribution in [0.25, 0.3) is 0 Å². The molecular formula is C6H4N3. The van der Waals surface area contributed by atoms with Gasteiger partial charge in [-0.1, -0.05) is 0 Å². The Morgan fingerprint density at radius 2 is 2.44 bits per heavy atom. The quantitative estimate of drug-likeness (QED) is 0.488. The summed E-state index contributed by atoms with van der Waals surface area (Å²) in [5.41, 5.74) is 5.26. The minimum absolute atomic E-state index is 0.218. The van der Waals surface area contributed by atoms with E-state index in [2.05, 4.69) is 9.97 Å². The molecule has 0 amide bonds. The Labute approximate surface area is 52.9 Å². The molecule has 9 heavy (non-hydrogen) atoms. The van der Waals surface area contributed by atoms with Gasteiger partial charge in [-0.15, -0.1) is 0 Å². The molecule has 0 saturated heterocycles. The van der Waals surface area contributed by atoms with E-state index in [4.69, 9.17) is 12.2 Å². The van der Waals surface area contributed by atoms with Gasteiger partial charge in [-0.25, -0.2) is 9.97 Å². The minimum Gasteiger partial charge on any atom is -0.384 e. The highest BCUT2D eigenvalue weighted by molar-refractivity contribution is 5.28. The highest BCUT2D eigenvalue weighted by Crippen LogP contribution is 1.92. The molecule has 0 spiro atoms. The maximum atomic E-state index is 6.61. The summed E-state index contributed by atoms with van der Waals surface area (Å²) in [6.07, 6.45) is 8.10. The zero-order valence-electron chi connectivity index (χ0n) is 4.63. The summed E-state index contributed by atoms with van der Waals surface area (Å²) < 4.78 is 0. The number of hydrogen-bond acceptors (Lipinski definition) is 3. The average molecular weight is 118 g/mol. The van der Waals surface area contributed by atoms with Crippen LogP contribution < -0.4 is 5.73 Å². The van der Waals surface area contributed by atoms with Crippen molar-refractivity contribution in [2.24, 2.45) is 0 Å². The molecule has 0 aromatic carbocycles. The van der Waals surface area contributed by atoms with Gasteiger partial charge in [0.15, 0.2) is 0 Å². The summed E-state index contributed by atoms with van der Waals surface area (Å²) in [5.74, 6) is 2.59. The number of anilines is 1. The molecule has 0 saturated carbocycles. The van der Waals surface area contributed by atoms with Crippen molar-refractivity contribution in [1.82, 2.24) is 9.97 Å². The zero-order chi connectivity index (χ0) is 6.69. The van der Waals surface area contributed by atoms with Gasteiger partial charge in [-0.05, 0) is 18.4 Å². The second-order valence-electron chi connectivity index (χ2n) is 1.43. The first-order valence-corrected chi connectivity index (χ1v) is 2.34. The molecule has 1 radical (unpaired) electrons. The van der Waals surface area contributed by atoms with Crippen molar-refractivity contribution in [2.75, 3.05) is 5.73 Å². The number of nitrogens with zero attached hydrogens (tertiary/aromatic N) is 2. The predicted octanol–water partition coefficient (Wildman–Crippen LogP) is -0.00331.